The van der Waals surface area contributed by atoms with Crippen LogP contribution in [0.5, 0.6) is 5.75 Å². The van der Waals surface area contributed by atoms with Crippen LogP contribution in [0, 0.1) is 0 Å². The van der Waals surface area contributed by atoms with Crippen LogP contribution < -0.4 is 14.8 Å². The van der Waals surface area contributed by atoms with Crippen LogP contribution in [-0.4, -0.2) is 32.5 Å². The zero-order valence-corrected chi connectivity index (χ0v) is 13.5. The van der Waals surface area contributed by atoms with Crippen LogP contribution in [0.4, 0.5) is 5.69 Å². The van der Waals surface area contributed by atoms with Crippen molar-refractivity contribution in [1.29, 1.82) is 0 Å². The highest BCUT2D eigenvalue weighted by atomic mass is 32.2. The number of ether oxygens (including phenoxy) is 1. The van der Waals surface area contributed by atoms with E-state index in [1.165, 1.54) is 18.3 Å². The van der Waals surface area contributed by atoms with E-state index in [0.29, 0.717) is 43.0 Å². The first-order valence-electron chi connectivity index (χ1n) is 7.59. The summed E-state index contributed by atoms with van der Waals surface area (Å²) in [6, 6.07) is 6.57. The van der Waals surface area contributed by atoms with Crippen molar-refractivity contribution < 1.29 is 17.9 Å². The molecule has 0 aliphatic carbocycles. The number of pyridine rings is 1. The number of rotatable bonds is 3. The van der Waals surface area contributed by atoms with E-state index in [2.05, 4.69) is 15.0 Å². The van der Waals surface area contributed by atoms with Gasteiger partial charge in [0.1, 0.15) is 10.6 Å². The lowest BCUT2D eigenvalue weighted by atomic mass is 10.1. The molecule has 0 spiro atoms. The molecule has 0 fully saturated rings. The predicted octanol–water partition coefficient (Wildman–Crippen LogP) is 1.10. The second-order valence-corrected chi connectivity index (χ2v) is 7.32. The number of nitrogens with zero attached hydrogens (tertiary/aromatic N) is 1. The number of aromatic nitrogens is 1. The summed E-state index contributed by atoms with van der Waals surface area (Å²) in [5.74, 6) is 0.155. The molecule has 3 heterocycles. The maximum Gasteiger partial charge on any atom is 0.265 e. The van der Waals surface area contributed by atoms with E-state index in [-0.39, 0.29) is 16.5 Å². The van der Waals surface area contributed by atoms with Crippen molar-refractivity contribution in [3.63, 3.8) is 0 Å². The third-order valence-electron chi connectivity index (χ3n) is 4.08. The largest absolute Gasteiger partial charge is 0.492 e. The zero-order chi connectivity index (χ0) is 16.7. The van der Waals surface area contributed by atoms with Gasteiger partial charge in [-0.1, -0.05) is 12.1 Å². The van der Waals surface area contributed by atoms with Crippen LogP contribution >= 0.6 is 0 Å². The zero-order valence-electron chi connectivity index (χ0n) is 12.7. The van der Waals surface area contributed by atoms with E-state index < -0.39 is 10.0 Å². The summed E-state index contributed by atoms with van der Waals surface area (Å²) >= 11 is 0. The molecule has 0 saturated heterocycles. The number of para-hydroxylation sites is 1. The topological polar surface area (TPSA) is 97.4 Å². The fourth-order valence-electron chi connectivity index (χ4n) is 2.94. The van der Waals surface area contributed by atoms with Crippen LogP contribution in [0.2, 0.25) is 0 Å². The fourth-order valence-corrected chi connectivity index (χ4v) is 4.16. The Balaban J connectivity index is 1.69. The number of hydrogen-bond donors (Lipinski definition) is 2. The Bertz CT molecular complexity index is 940. The Labute approximate surface area is 139 Å². The highest BCUT2D eigenvalue weighted by Crippen LogP contribution is 2.33. The van der Waals surface area contributed by atoms with E-state index in [4.69, 9.17) is 4.74 Å². The minimum Gasteiger partial charge on any atom is -0.492 e. The molecule has 124 valence electrons. The molecule has 1 amide bonds. The summed E-state index contributed by atoms with van der Waals surface area (Å²) in [7, 11) is -3.83. The van der Waals surface area contributed by atoms with Crippen LogP contribution in [-0.2, 0) is 22.9 Å². The summed E-state index contributed by atoms with van der Waals surface area (Å²) in [4.78, 5) is 16.2. The van der Waals surface area contributed by atoms with Gasteiger partial charge in [-0.25, -0.2) is 8.42 Å². The number of anilines is 1. The minimum atomic E-state index is -3.83. The van der Waals surface area contributed by atoms with Gasteiger partial charge in [0.05, 0.1) is 29.7 Å². The monoisotopic (exact) mass is 345 g/mol. The molecule has 2 aliphatic heterocycles. The molecule has 4 rings (SSSR count). The predicted molar refractivity (Wildman–Crippen MR) is 86.7 cm³/mol. The number of nitrogens with one attached hydrogen (secondary N) is 2. The molecule has 7 nitrogen and oxygen atoms in total. The number of carbonyl (C=O) groups is 1. The van der Waals surface area contributed by atoms with Crippen molar-refractivity contribution in [3.05, 3.63) is 47.3 Å². The summed E-state index contributed by atoms with van der Waals surface area (Å²) in [6.07, 6.45) is 2.76. The number of hydrogen-bond acceptors (Lipinski definition) is 5. The molecule has 2 N–H and O–H groups in total. The second kappa shape index (κ2) is 5.48. The number of benzene rings is 1. The molecule has 2 aromatic rings. The average Bonchev–Trinajstić information content (AvgIpc) is 3.03. The van der Waals surface area contributed by atoms with Gasteiger partial charge in [-0.2, -0.15) is 0 Å². The summed E-state index contributed by atoms with van der Waals surface area (Å²) < 4.78 is 33.3. The van der Waals surface area contributed by atoms with Crippen LogP contribution in [0.15, 0.2) is 35.4 Å². The van der Waals surface area contributed by atoms with Crippen molar-refractivity contribution in [2.45, 2.75) is 17.7 Å². The number of fused-ring (bicyclic) bond motifs is 2. The number of amides is 1. The molecule has 1 aromatic carbocycles. The van der Waals surface area contributed by atoms with Gasteiger partial charge in [-0.3, -0.25) is 14.5 Å². The molecule has 0 bridgehead atoms. The standard InChI is InChI=1S/C16H15N3O4S/c20-16-12-8-11(9-18-13(12)4-6-17-16)19-24(21,22)14-3-1-2-10-5-7-23-15(10)14/h1-3,8-9,19H,4-7H2,(H,17,20). The van der Waals surface area contributed by atoms with Crippen LogP contribution in [0.25, 0.3) is 0 Å². The summed E-state index contributed by atoms with van der Waals surface area (Å²) in [5, 5.41) is 2.72. The van der Waals surface area contributed by atoms with E-state index in [0.717, 1.165) is 5.56 Å². The first kappa shape index (κ1) is 14.9. The van der Waals surface area contributed by atoms with Crippen molar-refractivity contribution in [2.24, 2.45) is 0 Å². The highest BCUT2D eigenvalue weighted by Gasteiger charge is 2.26. The number of carbonyl (C=O) groups excluding carboxylic acids is 1. The molecule has 1 aromatic heterocycles. The van der Waals surface area contributed by atoms with Gasteiger partial charge in [-0.15, -0.1) is 0 Å². The number of sulfonamides is 1. The maximum atomic E-state index is 12.7. The van der Waals surface area contributed by atoms with Gasteiger partial charge in [0.15, 0.2) is 0 Å². The van der Waals surface area contributed by atoms with Crippen LogP contribution in [0.1, 0.15) is 21.6 Å². The van der Waals surface area contributed by atoms with Gasteiger partial charge in [0, 0.05) is 19.4 Å². The lowest BCUT2D eigenvalue weighted by Gasteiger charge is -2.17. The smallest absolute Gasteiger partial charge is 0.265 e. The first-order chi connectivity index (χ1) is 11.5. The maximum absolute atomic E-state index is 12.7. The summed E-state index contributed by atoms with van der Waals surface area (Å²) in [6.45, 7) is 1.01. The van der Waals surface area contributed by atoms with Crippen molar-refractivity contribution >= 4 is 21.6 Å². The Kier molecular flexibility index (Phi) is 3.42. The van der Waals surface area contributed by atoms with Crippen molar-refractivity contribution in [3.8, 4) is 5.75 Å². The van der Waals surface area contributed by atoms with Crippen molar-refractivity contribution in [2.75, 3.05) is 17.9 Å². The van der Waals surface area contributed by atoms with Gasteiger partial charge in [0.25, 0.3) is 15.9 Å². The molecule has 0 radical (unpaired) electrons. The molecule has 0 saturated carbocycles. The Morgan fingerprint density at radius 2 is 2.12 bits per heavy atom. The van der Waals surface area contributed by atoms with Gasteiger partial charge in [-0.05, 0) is 17.7 Å². The lowest BCUT2D eigenvalue weighted by molar-refractivity contribution is 0.0945. The molecular weight excluding hydrogens is 330 g/mol. The summed E-state index contributed by atoms with van der Waals surface area (Å²) in [5.41, 5.74) is 2.20. The van der Waals surface area contributed by atoms with Crippen LogP contribution in [0.3, 0.4) is 0 Å². The Morgan fingerprint density at radius 3 is 3.00 bits per heavy atom. The third-order valence-corrected chi connectivity index (χ3v) is 5.49. The van der Waals surface area contributed by atoms with E-state index in [9.17, 15) is 13.2 Å². The first-order valence-corrected chi connectivity index (χ1v) is 9.07. The normalized spacial score (nSPS) is 15.9. The van der Waals surface area contributed by atoms with Crippen molar-refractivity contribution in [1.82, 2.24) is 10.3 Å². The van der Waals surface area contributed by atoms with E-state index in [1.54, 1.807) is 6.07 Å². The SMILES string of the molecule is O=C1NCCc2ncc(NS(=O)(=O)c3cccc4c3OCC4)cc21. The Hall–Kier alpha value is -2.61. The molecule has 2 aliphatic rings. The van der Waals surface area contributed by atoms with E-state index in [1.807, 2.05) is 6.07 Å². The quantitative estimate of drug-likeness (QED) is 0.868. The molecule has 8 heteroatoms. The molecule has 0 unspecified atom stereocenters. The molecule has 24 heavy (non-hydrogen) atoms. The van der Waals surface area contributed by atoms with E-state index >= 15 is 0 Å². The highest BCUT2D eigenvalue weighted by molar-refractivity contribution is 7.92. The Morgan fingerprint density at radius 1 is 1.25 bits per heavy atom. The van der Waals surface area contributed by atoms with Gasteiger partial charge >= 0.3 is 0 Å². The third kappa shape index (κ3) is 2.48. The molecule has 0 atom stereocenters. The second-order valence-electron chi connectivity index (χ2n) is 5.67. The van der Waals surface area contributed by atoms with Gasteiger partial charge in [0.2, 0.25) is 0 Å². The lowest BCUT2D eigenvalue weighted by Crippen LogP contribution is -2.32. The fraction of sp³-hybridized carbons (Fsp3) is 0.250. The average molecular weight is 345 g/mol. The molecular formula is C16H15N3O4S. The minimum absolute atomic E-state index is 0.0969. The van der Waals surface area contributed by atoms with Gasteiger partial charge < -0.3 is 10.1 Å².